The second kappa shape index (κ2) is 6.92. The zero-order chi connectivity index (χ0) is 17.2. The fraction of sp³-hybridized carbons (Fsp3) is 0.450. The number of rotatable bonds is 5. The molecule has 1 radical (unpaired) electrons. The molecule has 0 spiro atoms. The molecule has 1 N–H and O–H groups in total. The van der Waals surface area contributed by atoms with Gasteiger partial charge in [0, 0.05) is 24.0 Å². The molecule has 1 aromatic carbocycles. The SMILES string of the molecule is O=[C]c1nc2ccccc2cc1C(=O)NC[C@@H]1CCCN1C1CCC1. The average molecular weight is 336 g/mol. The Morgan fingerprint density at radius 1 is 1.24 bits per heavy atom. The molecule has 25 heavy (non-hydrogen) atoms. The van der Waals surface area contributed by atoms with Gasteiger partial charge in [-0.25, -0.2) is 4.98 Å². The third kappa shape index (κ3) is 3.16. The van der Waals surface area contributed by atoms with Gasteiger partial charge in [0.25, 0.3) is 12.2 Å². The minimum atomic E-state index is -0.239. The first-order valence-electron chi connectivity index (χ1n) is 9.08. The summed E-state index contributed by atoms with van der Waals surface area (Å²) in [5.41, 5.74) is 1.09. The second-order valence-electron chi connectivity index (χ2n) is 7.01. The van der Waals surface area contributed by atoms with Crippen LogP contribution in [-0.4, -0.2) is 47.3 Å². The number of pyridine rings is 1. The molecule has 2 aromatic rings. The Balaban J connectivity index is 1.49. The highest BCUT2D eigenvalue weighted by molar-refractivity contribution is 6.03. The molecule has 1 atom stereocenters. The summed E-state index contributed by atoms with van der Waals surface area (Å²) in [6, 6.07) is 10.3. The molecular formula is C20H22N3O2. The lowest BCUT2D eigenvalue weighted by molar-refractivity contribution is 0.0892. The van der Waals surface area contributed by atoms with Crippen LogP contribution < -0.4 is 5.32 Å². The van der Waals surface area contributed by atoms with Crippen LogP contribution >= 0.6 is 0 Å². The van der Waals surface area contributed by atoms with E-state index in [9.17, 15) is 9.59 Å². The quantitative estimate of drug-likeness (QED) is 0.911. The summed E-state index contributed by atoms with van der Waals surface area (Å²) in [5.74, 6) is -0.239. The molecule has 2 fully saturated rings. The molecule has 1 saturated heterocycles. The molecule has 129 valence electrons. The lowest BCUT2D eigenvalue weighted by Gasteiger charge is -2.38. The monoisotopic (exact) mass is 336 g/mol. The Labute approximate surface area is 147 Å². The first-order valence-corrected chi connectivity index (χ1v) is 9.08. The molecule has 1 amide bonds. The van der Waals surface area contributed by atoms with E-state index in [-0.39, 0.29) is 11.6 Å². The van der Waals surface area contributed by atoms with E-state index in [1.807, 2.05) is 30.6 Å². The van der Waals surface area contributed by atoms with Gasteiger partial charge in [-0.2, -0.15) is 0 Å². The summed E-state index contributed by atoms with van der Waals surface area (Å²) >= 11 is 0. The van der Waals surface area contributed by atoms with Crippen molar-refractivity contribution in [3.05, 3.63) is 41.6 Å². The van der Waals surface area contributed by atoms with E-state index in [1.54, 1.807) is 6.07 Å². The van der Waals surface area contributed by atoms with Crippen LogP contribution in [0.15, 0.2) is 30.3 Å². The minimum Gasteiger partial charge on any atom is -0.350 e. The van der Waals surface area contributed by atoms with Gasteiger partial charge in [-0.3, -0.25) is 14.5 Å². The third-order valence-electron chi connectivity index (χ3n) is 5.53. The Kier molecular flexibility index (Phi) is 4.49. The van der Waals surface area contributed by atoms with Crippen molar-refractivity contribution in [1.29, 1.82) is 0 Å². The lowest BCUT2D eigenvalue weighted by Crippen LogP contribution is -2.47. The van der Waals surface area contributed by atoms with E-state index in [1.165, 1.54) is 25.7 Å². The van der Waals surface area contributed by atoms with Crippen LogP contribution in [0.5, 0.6) is 0 Å². The fourth-order valence-electron chi connectivity index (χ4n) is 3.95. The molecule has 4 rings (SSSR count). The maximum Gasteiger partial charge on any atom is 0.254 e. The molecular weight excluding hydrogens is 314 g/mol. The molecule has 1 aliphatic heterocycles. The fourth-order valence-corrected chi connectivity index (χ4v) is 3.95. The van der Waals surface area contributed by atoms with E-state index >= 15 is 0 Å². The number of fused-ring (bicyclic) bond motifs is 1. The average Bonchev–Trinajstić information content (AvgIpc) is 3.05. The van der Waals surface area contributed by atoms with E-state index < -0.39 is 0 Å². The van der Waals surface area contributed by atoms with Crippen molar-refractivity contribution in [3.63, 3.8) is 0 Å². The highest BCUT2D eigenvalue weighted by Crippen LogP contribution is 2.31. The number of hydrogen-bond donors (Lipinski definition) is 1. The number of nitrogens with zero attached hydrogens (tertiary/aromatic N) is 2. The summed E-state index contributed by atoms with van der Waals surface area (Å²) in [6.07, 6.45) is 8.01. The predicted octanol–water partition coefficient (Wildman–Crippen LogP) is 2.44. The number of nitrogens with one attached hydrogen (secondary N) is 1. The van der Waals surface area contributed by atoms with Gasteiger partial charge in [0.05, 0.1) is 11.1 Å². The summed E-state index contributed by atoms with van der Waals surface area (Å²) < 4.78 is 0. The van der Waals surface area contributed by atoms with E-state index in [4.69, 9.17) is 0 Å². The highest BCUT2D eigenvalue weighted by Gasteiger charge is 2.33. The van der Waals surface area contributed by atoms with Gasteiger partial charge in [-0.05, 0) is 44.4 Å². The minimum absolute atomic E-state index is 0.0819. The van der Waals surface area contributed by atoms with Gasteiger partial charge in [0.1, 0.15) is 5.69 Å². The topological polar surface area (TPSA) is 62.3 Å². The number of carbonyl (C=O) groups excluding carboxylic acids is 2. The molecule has 1 aliphatic carbocycles. The Morgan fingerprint density at radius 2 is 2.08 bits per heavy atom. The summed E-state index contributed by atoms with van der Waals surface area (Å²) in [5, 5.41) is 3.86. The number of hydrogen-bond acceptors (Lipinski definition) is 4. The highest BCUT2D eigenvalue weighted by atomic mass is 16.1. The zero-order valence-electron chi connectivity index (χ0n) is 14.2. The van der Waals surface area contributed by atoms with Crippen molar-refractivity contribution in [2.24, 2.45) is 0 Å². The van der Waals surface area contributed by atoms with Crippen LogP contribution in [0.3, 0.4) is 0 Å². The number of likely N-dealkylation sites (tertiary alicyclic amines) is 1. The molecule has 2 aliphatic rings. The lowest BCUT2D eigenvalue weighted by atomic mass is 9.91. The molecule has 5 heteroatoms. The number of para-hydroxylation sites is 1. The van der Waals surface area contributed by atoms with Crippen molar-refractivity contribution in [3.8, 4) is 0 Å². The Morgan fingerprint density at radius 3 is 2.84 bits per heavy atom. The van der Waals surface area contributed by atoms with Crippen LogP contribution in [0.1, 0.15) is 48.2 Å². The Hall–Kier alpha value is -2.27. The maximum atomic E-state index is 12.6. The largest absolute Gasteiger partial charge is 0.350 e. The summed E-state index contributed by atoms with van der Waals surface area (Å²) in [6.45, 7) is 1.76. The third-order valence-corrected chi connectivity index (χ3v) is 5.53. The normalized spacial score (nSPS) is 21.2. The van der Waals surface area contributed by atoms with Crippen molar-refractivity contribution in [2.75, 3.05) is 13.1 Å². The van der Waals surface area contributed by atoms with Crippen molar-refractivity contribution < 1.29 is 9.59 Å². The molecule has 2 heterocycles. The van der Waals surface area contributed by atoms with Crippen molar-refractivity contribution >= 4 is 23.1 Å². The number of carbonyl (C=O) groups is 1. The van der Waals surface area contributed by atoms with Crippen molar-refractivity contribution in [1.82, 2.24) is 15.2 Å². The summed E-state index contributed by atoms with van der Waals surface area (Å²) in [4.78, 5) is 30.7. The molecule has 1 saturated carbocycles. The smallest absolute Gasteiger partial charge is 0.254 e. The van der Waals surface area contributed by atoms with Gasteiger partial charge in [0.2, 0.25) is 0 Å². The van der Waals surface area contributed by atoms with E-state index in [0.717, 1.165) is 18.4 Å². The van der Waals surface area contributed by atoms with E-state index in [2.05, 4.69) is 15.2 Å². The Bertz CT molecular complexity index is 801. The van der Waals surface area contributed by atoms with Crippen molar-refractivity contribution in [2.45, 2.75) is 44.2 Å². The van der Waals surface area contributed by atoms with Gasteiger partial charge >= 0.3 is 0 Å². The molecule has 0 unspecified atom stereocenters. The number of benzene rings is 1. The first kappa shape index (κ1) is 16.2. The predicted molar refractivity (Wildman–Crippen MR) is 96.2 cm³/mol. The van der Waals surface area contributed by atoms with Crippen LogP contribution in [0.25, 0.3) is 10.9 Å². The molecule has 5 nitrogen and oxygen atoms in total. The maximum absolute atomic E-state index is 12.6. The zero-order valence-corrected chi connectivity index (χ0v) is 14.2. The standard InChI is InChI=1S/C20H22N3O2/c24-13-19-17(11-14-5-1-2-9-18(14)22-19)20(25)21-12-16-8-4-10-23(16)15-6-3-7-15/h1-2,5,9,11,15-16H,3-4,6-8,10,12H2,(H,21,25)/t16-/m0/s1. The van der Waals surface area contributed by atoms with Gasteiger partial charge in [-0.15, -0.1) is 0 Å². The van der Waals surface area contributed by atoms with Gasteiger partial charge < -0.3 is 5.32 Å². The van der Waals surface area contributed by atoms with E-state index in [0.29, 0.717) is 29.7 Å². The number of amides is 1. The molecule has 0 bridgehead atoms. The van der Waals surface area contributed by atoms with Crippen LogP contribution in [0.2, 0.25) is 0 Å². The van der Waals surface area contributed by atoms with Gasteiger partial charge in [-0.1, -0.05) is 24.6 Å². The van der Waals surface area contributed by atoms with Gasteiger partial charge in [0.15, 0.2) is 0 Å². The second-order valence-corrected chi connectivity index (χ2v) is 7.01. The molecule has 1 aromatic heterocycles. The van der Waals surface area contributed by atoms with Crippen LogP contribution in [0.4, 0.5) is 0 Å². The van der Waals surface area contributed by atoms with Crippen LogP contribution in [-0.2, 0) is 4.79 Å². The summed E-state index contributed by atoms with van der Waals surface area (Å²) in [7, 11) is 0. The van der Waals surface area contributed by atoms with Crippen LogP contribution in [0, 0.1) is 0 Å². The number of aromatic nitrogens is 1. The first-order chi connectivity index (χ1) is 12.3.